The fourth-order valence-electron chi connectivity index (χ4n) is 8.34. The van der Waals surface area contributed by atoms with Crippen molar-refractivity contribution < 1.29 is 8.83 Å². The normalized spacial score (nSPS) is 12.0. The first-order valence-electron chi connectivity index (χ1n) is 17.1. The Bertz CT molecular complexity index is 3080. The second kappa shape index (κ2) is 10.4. The quantitative estimate of drug-likeness (QED) is 0.180. The minimum Gasteiger partial charge on any atom is -0.456 e. The van der Waals surface area contributed by atoms with Crippen LogP contribution in [-0.2, 0) is 0 Å². The van der Waals surface area contributed by atoms with Crippen LogP contribution in [0.4, 0.5) is 0 Å². The van der Waals surface area contributed by atoms with Gasteiger partial charge in [0.25, 0.3) is 0 Å². The third-order valence-electron chi connectivity index (χ3n) is 10.4. The van der Waals surface area contributed by atoms with E-state index in [1.807, 2.05) is 6.07 Å². The van der Waals surface area contributed by atoms with Gasteiger partial charge in [-0.3, -0.25) is 0 Å². The van der Waals surface area contributed by atoms with Gasteiger partial charge in [-0.25, -0.2) is 0 Å². The molecule has 2 aromatic heterocycles. The molecule has 0 aliphatic heterocycles. The maximum absolute atomic E-state index is 6.71. The highest BCUT2D eigenvalue weighted by Gasteiger charge is 2.23. The van der Waals surface area contributed by atoms with E-state index in [0.29, 0.717) is 0 Å². The molecule has 0 bridgehead atoms. The van der Waals surface area contributed by atoms with E-state index in [-0.39, 0.29) is 0 Å². The maximum atomic E-state index is 6.71. The first kappa shape index (κ1) is 27.3. The summed E-state index contributed by atoms with van der Waals surface area (Å²) in [7, 11) is 0. The highest BCUT2D eigenvalue weighted by Crippen LogP contribution is 2.49. The van der Waals surface area contributed by atoms with Gasteiger partial charge in [0.15, 0.2) is 0 Å². The topological polar surface area (TPSA) is 26.3 Å². The van der Waals surface area contributed by atoms with E-state index in [1.54, 1.807) is 0 Å². The molecule has 2 nitrogen and oxygen atoms in total. The number of fused-ring (bicyclic) bond motifs is 10. The van der Waals surface area contributed by atoms with Crippen LogP contribution in [0.3, 0.4) is 0 Å². The lowest BCUT2D eigenvalue weighted by Gasteiger charge is -2.19. The van der Waals surface area contributed by atoms with Gasteiger partial charge in [0.05, 0.1) is 0 Å². The molecule has 232 valence electrons. The van der Waals surface area contributed by atoms with Crippen molar-refractivity contribution in [3.8, 4) is 33.4 Å². The highest BCUT2D eigenvalue weighted by atomic mass is 16.3. The lowest BCUT2D eigenvalue weighted by atomic mass is 9.84. The van der Waals surface area contributed by atoms with Gasteiger partial charge in [-0.1, -0.05) is 140 Å². The van der Waals surface area contributed by atoms with Gasteiger partial charge in [0, 0.05) is 26.9 Å². The molecule has 11 aromatic rings. The largest absolute Gasteiger partial charge is 0.456 e. The zero-order valence-corrected chi connectivity index (χ0v) is 27.0. The van der Waals surface area contributed by atoms with Gasteiger partial charge in [-0.05, 0) is 90.6 Å². The van der Waals surface area contributed by atoms with E-state index in [1.165, 1.54) is 43.6 Å². The van der Waals surface area contributed by atoms with E-state index in [9.17, 15) is 0 Å². The average molecular weight is 637 g/mol. The lowest BCUT2D eigenvalue weighted by Crippen LogP contribution is -1.92. The number of furan rings is 2. The van der Waals surface area contributed by atoms with Crippen LogP contribution in [0.15, 0.2) is 179 Å². The average Bonchev–Trinajstić information content (AvgIpc) is 3.76. The van der Waals surface area contributed by atoms with Gasteiger partial charge in [-0.2, -0.15) is 0 Å². The summed E-state index contributed by atoms with van der Waals surface area (Å²) >= 11 is 0. The molecule has 50 heavy (non-hydrogen) atoms. The fourth-order valence-corrected chi connectivity index (χ4v) is 8.34. The molecule has 2 heteroatoms. The smallest absolute Gasteiger partial charge is 0.143 e. The van der Waals surface area contributed by atoms with Crippen LogP contribution in [0.25, 0.3) is 110 Å². The van der Waals surface area contributed by atoms with Gasteiger partial charge < -0.3 is 8.83 Å². The number of hydrogen-bond donors (Lipinski definition) is 0. The second-order valence-electron chi connectivity index (χ2n) is 13.1. The lowest BCUT2D eigenvalue weighted by molar-refractivity contribution is 0.669. The Hall–Kier alpha value is -6.64. The molecule has 0 fully saturated rings. The summed E-state index contributed by atoms with van der Waals surface area (Å²) in [5.74, 6) is 0. The van der Waals surface area contributed by atoms with Crippen LogP contribution >= 0.6 is 0 Å². The van der Waals surface area contributed by atoms with Crippen LogP contribution in [0.5, 0.6) is 0 Å². The van der Waals surface area contributed by atoms with Crippen molar-refractivity contribution in [2.45, 2.75) is 0 Å². The molecule has 0 N–H and O–H groups in total. The maximum Gasteiger partial charge on any atom is 0.143 e. The molecule has 0 radical (unpaired) electrons. The molecule has 0 atom stereocenters. The summed E-state index contributed by atoms with van der Waals surface area (Å²) in [6, 6.07) is 60.7. The van der Waals surface area contributed by atoms with Crippen LogP contribution < -0.4 is 0 Å². The van der Waals surface area contributed by atoms with Crippen LogP contribution in [0.1, 0.15) is 0 Å². The van der Waals surface area contributed by atoms with E-state index < -0.39 is 0 Å². The molecule has 2 heterocycles. The molecule has 0 saturated carbocycles. The number of rotatable bonds is 3. The van der Waals surface area contributed by atoms with Crippen LogP contribution in [0, 0.1) is 0 Å². The molecule has 11 rings (SSSR count). The molecule has 0 unspecified atom stereocenters. The van der Waals surface area contributed by atoms with E-state index in [0.717, 1.165) is 66.0 Å². The molecule has 0 aliphatic carbocycles. The number of para-hydroxylation sites is 1. The Labute approximate surface area is 287 Å². The molecule has 0 saturated heterocycles. The summed E-state index contributed by atoms with van der Waals surface area (Å²) < 4.78 is 13.3. The molecule has 0 amide bonds. The number of hydrogen-bond acceptors (Lipinski definition) is 2. The van der Waals surface area contributed by atoms with E-state index in [4.69, 9.17) is 8.83 Å². The third kappa shape index (κ3) is 3.85. The van der Waals surface area contributed by atoms with Crippen LogP contribution in [0.2, 0.25) is 0 Å². The first-order valence-corrected chi connectivity index (χ1v) is 17.1. The summed E-state index contributed by atoms with van der Waals surface area (Å²) in [5.41, 5.74) is 10.6. The standard InChI is InChI=1S/C48H28O2/c1-2-14-30(15-3-1)44-34-17-6-8-19-36(34)45(37-20-9-7-18-35(37)44)40-27-31(28-43-47(40)38-21-10-11-23-41(38)49-43)32-22-12-24-42-46(32)39-26-25-29-13-4-5-16-33(29)48(39)50-42/h1-28H. The molecular weight excluding hydrogens is 609 g/mol. The highest BCUT2D eigenvalue weighted by molar-refractivity contribution is 6.27. The first-order chi connectivity index (χ1) is 24.8. The molecule has 0 aliphatic rings. The Morgan fingerprint density at radius 1 is 0.300 bits per heavy atom. The van der Waals surface area contributed by atoms with Crippen molar-refractivity contribution in [1.82, 2.24) is 0 Å². The fraction of sp³-hybridized carbons (Fsp3) is 0. The second-order valence-corrected chi connectivity index (χ2v) is 13.1. The molecule has 9 aromatic carbocycles. The monoisotopic (exact) mass is 636 g/mol. The van der Waals surface area contributed by atoms with Gasteiger partial charge in [0.2, 0.25) is 0 Å². The minimum absolute atomic E-state index is 0.870. The predicted molar refractivity (Wildman–Crippen MR) is 210 cm³/mol. The summed E-state index contributed by atoms with van der Waals surface area (Å²) in [5, 5.41) is 11.7. The zero-order valence-electron chi connectivity index (χ0n) is 27.0. The summed E-state index contributed by atoms with van der Waals surface area (Å²) in [6.07, 6.45) is 0. The zero-order chi connectivity index (χ0) is 32.8. The molecular formula is C48H28O2. The van der Waals surface area contributed by atoms with Crippen LogP contribution in [-0.4, -0.2) is 0 Å². The van der Waals surface area contributed by atoms with Gasteiger partial charge >= 0.3 is 0 Å². The Morgan fingerprint density at radius 3 is 1.66 bits per heavy atom. The summed E-state index contributed by atoms with van der Waals surface area (Å²) in [4.78, 5) is 0. The van der Waals surface area contributed by atoms with Gasteiger partial charge in [-0.15, -0.1) is 0 Å². The van der Waals surface area contributed by atoms with Crippen molar-refractivity contribution in [3.05, 3.63) is 170 Å². The van der Waals surface area contributed by atoms with Crippen molar-refractivity contribution in [2.75, 3.05) is 0 Å². The Morgan fingerprint density at radius 2 is 0.900 bits per heavy atom. The van der Waals surface area contributed by atoms with E-state index in [2.05, 4.69) is 164 Å². The molecule has 0 spiro atoms. The third-order valence-corrected chi connectivity index (χ3v) is 10.4. The van der Waals surface area contributed by atoms with E-state index >= 15 is 0 Å². The Kier molecular flexibility index (Phi) is 5.70. The van der Waals surface area contributed by atoms with Crippen molar-refractivity contribution >= 4 is 76.2 Å². The van der Waals surface area contributed by atoms with Crippen molar-refractivity contribution in [3.63, 3.8) is 0 Å². The van der Waals surface area contributed by atoms with Crippen molar-refractivity contribution in [2.24, 2.45) is 0 Å². The number of benzene rings is 9. The van der Waals surface area contributed by atoms with Crippen molar-refractivity contribution in [1.29, 1.82) is 0 Å². The Balaban J connectivity index is 1.30. The SMILES string of the molecule is c1ccc(-c2c3ccccc3c(-c3cc(-c4cccc5oc6c7ccccc7ccc6c45)cc4oc5ccccc5c34)c3ccccc23)cc1. The predicted octanol–water partition coefficient (Wildman–Crippen LogP) is 13.9. The minimum atomic E-state index is 0.870. The van der Waals surface area contributed by atoms with Gasteiger partial charge in [0.1, 0.15) is 22.3 Å². The summed E-state index contributed by atoms with van der Waals surface area (Å²) in [6.45, 7) is 0.